The first-order valence-electron chi connectivity index (χ1n) is 7.04. The van der Waals surface area contributed by atoms with Gasteiger partial charge in [0.1, 0.15) is 5.75 Å². The molecule has 0 unspecified atom stereocenters. The highest BCUT2D eigenvalue weighted by molar-refractivity contribution is 5.85. The predicted octanol–water partition coefficient (Wildman–Crippen LogP) is 1.70. The van der Waals surface area contributed by atoms with Crippen LogP contribution in [0, 0.1) is 5.92 Å². The maximum atomic E-state index is 12.5. The number of amides is 1. The maximum absolute atomic E-state index is 12.5. The van der Waals surface area contributed by atoms with Crippen molar-refractivity contribution in [3.63, 3.8) is 0 Å². The summed E-state index contributed by atoms with van der Waals surface area (Å²) in [4.78, 5) is 14.4. The van der Waals surface area contributed by atoms with Gasteiger partial charge in [0, 0.05) is 19.0 Å². The van der Waals surface area contributed by atoms with Crippen LogP contribution >= 0.6 is 12.4 Å². The van der Waals surface area contributed by atoms with Gasteiger partial charge in [-0.2, -0.15) is 0 Å². The number of hydrogen-bond donors (Lipinski definition) is 2. The highest BCUT2D eigenvalue weighted by atomic mass is 35.5. The molecule has 0 atom stereocenters. The lowest BCUT2D eigenvalue weighted by Crippen LogP contribution is -2.43. The average molecular weight is 297 g/mol. The Morgan fingerprint density at radius 3 is 2.75 bits per heavy atom. The molecule has 2 N–H and O–H groups in total. The third-order valence-electron chi connectivity index (χ3n) is 4.20. The minimum Gasteiger partial charge on any atom is -0.508 e. The molecule has 0 radical (unpaired) electrons. The van der Waals surface area contributed by atoms with Crippen LogP contribution in [0.1, 0.15) is 24.0 Å². The molecule has 1 saturated heterocycles. The van der Waals surface area contributed by atoms with Gasteiger partial charge in [-0.3, -0.25) is 4.79 Å². The second-order valence-electron chi connectivity index (χ2n) is 5.49. The number of carbonyl (C=O) groups excluding carboxylic acids is 1. The van der Waals surface area contributed by atoms with Gasteiger partial charge in [-0.05, 0) is 55.6 Å². The van der Waals surface area contributed by atoms with Crippen LogP contribution in [0.2, 0.25) is 0 Å². The second kappa shape index (κ2) is 6.46. The topological polar surface area (TPSA) is 52.6 Å². The van der Waals surface area contributed by atoms with E-state index in [9.17, 15) is 9.90 Å². The van der Waals surface area contributed by atoms with E-state index in [1.165, 1.54) is 5.56 Å². The van der Waals surface area contributed by atoms with E-state index in [4.69, 9.17) is 0 Å². The standard InChI is InChI=1S/C15H20N2O2.ClH/c18-14-2-1-11-5-8-17(10-13(11)9-14)15(19)12-3-6-16-7-4-12;/h1-2,9,12,16,18H,3-8,10H2;1H. The van der Waals surface area contributed by atoms with Crippen LogP contribution in [-0.4, -0.2) is 35.5 Å². The number of fused-ring (bicyclic) bond motifs is 1. The Hall–Kier alpha value is -1.26. The van der Waals surface area contributed by atoms with Crippen molar-refractivity contribution >= 4 is 18.3 Å². The first-order chi connectivity index (χ1) is 9.24. The van der Waals surface area contributed by atoms with Gasteiger partial charge in [-0.1, -0.05) is 6.07 Å². The lowest BCUT2D eigenvalue weighted by molar-refractivity contribution is -0.137. The van der Waals surface area contributed by atoms with Crippen molar-refractivity contribution in [3.05, 3.63) is 29.3 Å². The monoisotopic (exact) mass is 296 g/mol. The highest BCUT2D eigenvalue weighted by Gasteiger charge is 2.28. The Morgan fingerprint density at radius 1 is 1.25 bits per heavy atom. The fourth-order valence-electron chi connectivity index (χ4n) is 3.06. The van der Waals surface area contributed by atoms with Gasteiger partial charge in [-0.15, -0.1) is 12.4 Å². The lowest BCUT2D eigenvalue weighted by Gasteiger charge is -2.33. The Morgan fingerprint density at radius 2 is 2.00 bits per heavy atom. The zero-order valence-electron chi connectivity index (χ0n) is 11.5. The molecule has 2 heterocycles. The number of phenols is 1. The molecule has 20 heavy (non-hydrogen) atoms. The highest BCUT2D eigenvalue weighted by Crippen LogP contribution is 2.25. The summed E-state index contributed by atoms with van der Waals surface area (Å²) in [6, 6.07) is 5.48. The number of hydrogen-bond acceptors (Lipinski definition) is 3. The number of carbonyl (C=O) groups is 1. The normalized spacial score (nSPS) is 19.1. The van der Waals surface area contributed by atoms with Gasteiger partial charge >= 0.3 is 0 Å². The van der Waals surface area contributed by atoms with Crippen LogP contribution in [0.25, 0.3) is 0 Å². The quantitative estimate of drug-likeness (QED) is 0.829. The third kappa shape index (κ3) is 3.07. The van der Waals surface area contributed by atoms with Gasteiger partial charge in [0.05, 0.1) is 0 Å². The molecule has 1 fully saturated rings. The summed E-state index contributed by atoms with van der Waals surface area (Å²) >= 11 is 0. The molecule has 110 valence electrons. The Kier molecular flexibility index (Phi) is 4.89. The van der Waals surface area contributed by atoms with Crippen LogP contribution in [0.15, 0.2) is 18.2 Å². The fourth-order valence-corrected chi connectivity index (χ4v) is 3.06. The molecule has 1 amide bonds. The molecule has 0 saturated carbocycles. The molecule has 0 bridgehead atoms. The molecular formula is C15H21ClN2O2. The molecule has 5 heteroatoms. The van der Waals surface area contributed by atoms with Gasteiger partial charge < -0.3 is 15.3 Å². The summed E-state index contributed by atoms with van der Waals surface area (Å²) < 4.78 is 0. The Bertz CT molecular complexity index is 487. The van der Waals surface area contributed by atoms with Crippen molar-refractivity contribution in [1.29, 1.82) is 0 Å². The summed E-state index contributed by atoms with van der Waals surface area (Å²) in [5.74, 6) is 0.755. The van der Waals surface area contributed by atoms with Crippen molar-refractivity contribution in [3.8, 4) is 5.75 Å². The SMILES string of the molecule is Cl.O=C(C1CCNCC1)N1CCc2ccc(O)cc2C1. The van der Waals surface area contributed by atoms with Gasteiger partial charge in [-0.25, -0.2) is 0 Å². The van der Waals surface area contributed by atoms with E-state index in [-0.39, 0.29) is 30.0 Å². The van der Waals surface area contributed by atoms with E-state index in [0.29, 0.717) is 6.54 Å². The Balaban J connectivity index is 0.00000147. The minimum absolute atomic E-state index is 0. The van der Waals surface area contributed by atoms with Crippen LogP contribution in [0.3, 0.4) is 0 Å². The van der Waals surface area contributed by atoms with Crippen molar-refractivity contribution in [2.75, 3.05) is 19.6 Å². The smallest absolute Gasteiger partial charge is 0.226 e. The summed E-state index contributed by atoms with van der Waals surface area (Å²) in [5, 5.41) is 12.8. The number of nitrogens with one attached hydrogen (secondary N) is 1. The molecule has 1 aromatic carbocycles. The van der Waals surface area contributed by atoms with E-state index in [1.807, 2.05) is 11.0 Å². The van der Waals surface area contributed by atoms with Gasteiger partial charge in [0.25, 0.3) is 0 Å². The number of halogens is 1. The largest absolute Gasteiger partial charge is 0.508 e. The molecular weight excluding hydrogens is 276 g/mol. The summed E-state index contributed by atoms with van der Waals surface area (Å²) in [6.07, 6.45) is 2.79. The summed E-state index contributed by atoms with van der Waals surface area (Å²) in [6.45, 7) is 3.34. The van der Waals surface area contributed by atoms with Crippen LogP contribution in [-0.2, 0) is 17.8 Å². The molecule has 1 aromatic rings. The predicted molar refractivity (Wildman–Crippen MR) is 80.1 cm³/mol. The molecule has 4 nitrogen and oxygen atoms in total. The second-order valence-corrected chi connectivity index (χ2v) is 5.49. The molecule has 0 aliphatic carbocycles. The molecule has 2 aliphatic heterocycles. The lowest BCUT2D eigenvalue weighted by atomic mass is 9.94. The van der Waals surface area contributed by atoms with Gasteiger partial charge in [0.15, 0.2) is 0 Å². The zero-order chi connectivity index (χ0) is 13.2. The van der Waals surface area contributed by atoms with Crippen molar-refractivity contribution in [1.82, 2.24) is 10.2 Å². The fraction of sp³-hybridized carbons (Fsp3) is 0.533. The van der Waals surface area contributed by atoms with E-state index in [2.05, 4.69) is 5.32 Å². The van der Waals surface area contributed by atoms with Crippen molar-refractivity contribution in [2.45, 2.75) is 25.8 Å². The van der Waals surface area contributed by atoms with Crippen LogP contribution < -0.4 is 5.32 Å². The zero-order valence-corrected chi connectivity index (χ0v) is 12.3. The first kappa shape index (κ1) is 15.1. The average Bonchev–Trinajstić information content (AvgIpc) is 2.46. The van der Waals surface area contributed by atoms with E-state index in [1.54, 1.807) is 12.1 Å². The number of nitrogens with zero attached hydrogens (tertiary/aromatic N) is 1. The third-order valence-corrected chi connectivity index (χ3v) is 4.20. The number of aromatic hydroxyl groups is 1. The van der Waals surface area contributed by atoms with E-state index >= 15 is 0 Å². The van der Waals surface area contributed by atoms with Crippen molar-refractivity contribution in [2.24, 2.45) is 5.92 Å². The number of phenolic OH excluding ortho intramolecular Hbond substituents is 1. The van der Waals surface area contributed by atoms with Crippen LogP contribution in [0.4, 0.5) is 0 Å². The van der Waals surface area contributed by atoms with E-state index < -0.39 is 0 Å². The number of benzene rings is 1. The number of rotatable bonds is 1. The molecule has 0 aromatic heterocycles. The minimum atomic E-state index is 0. The van der Waals surface area contributed by atoms with E-state index in [0.717, 1.165) is 44.5 Å². The first-order valence-corrected chi connectivity index (χ1v) is 7.04. The summed E-state index contributed by atoms with van der Waals surface area (Å²) in [7, 11) is 0. The molecule has 2 aliphatic rings. The molecule has 0 spiro atoms. The Labute approximate surface area is 125 Å². The molecule has 3 rings (SSSR count). The van der Waals surface area contributed by atoms with Crippen molar-refractivity contribution < 1.29 is 9.90 Å². The maximum Gasteiger partial charge on any atom is 0.226 e. The number of piperidine rings is 1. The summed E-state index contributed by atoms with van der Waals surface area (Å²) in [5.41, 5.74) is 2.35. The van der Waals surface area contributed by atoms with Crippen LogP contribution in [0.5, 0.6) is 5.75 Å². The van der Waals surface area contributed by atoms with Gasteiger partial charge in [0.2, 0.25) is 5.91 Å².